The lowest BCUT2D eigenvalue weighted by Crippen LogP contribution is -2.32. The molecule has 0 aliphatic carbocycles. The van der Waals surface area contributed by atoms with Crippen molar-refractivity contribution in [2.45, 2.75) is 18.4 Å². The number of cyclic esters (lactones) is 1. The lowest BCUT2D eigenvalue weighted by Gasteiger charge is -2.26. The van der Waals surface area contributed by atoms with Gasteiger partial charge in [-0.25, -0.2) is 4.79 Å². The van der Waals surface area contributed by atoms with E-state index < -0.39 is 5.60 Å². The average Bonchev–Trinajstić information content (AvgIpc) is 2.92. The maximum absolute atomic E-state index is 12.4. The van der Waals surface area contributed by atoms with Gasteiger partial charge in [0.1, 0.15) is 0 Å². The zero-order valence-electron chi connectivity index (χ0n) is 13.5. The highest BCUT2D eigenvalue weighted by Gasteiger charge is 2.45. The van der Waals surface area contributed by atoms with Crippen molar-refractivity contribution in [3.05, 3.63) is 82.9 Å². The quantitative estimate of drug-likeness (QED) is 0.660. The highest BCUT2D eigenvalue weighted by atomic mass is 79.9. The normalized spacial score (nSPS) is 20.0. The summed E-state index contributed by atoms with van der Waals surface area (Å²) >= 11 is 3.44. The molecule has 2 aromatic rings. The Bertz CT molecular complexity index is 714. The van der Waals surface area contributed by atoms with E-state index in [2.05, 4.69) is 34.6 Å². The molecule has 2 aromatic carbocycles. The van der Waals surface area contributed by atoms with Crippen molar-refractivity contribution < 1.29 is 9.53 Å². The van der Waals surface area contributed by atoms with E-state index in [1.165, 1.54) is 5.56 Å². The molecule has 0 bridgehead atoms. The van der Waals surface area contributed by atoms with Crippen molar-refractivity contribution in [1.29, 1.82) is 0 Å². The Morgan fingerprint density at radius 3 is 2.54 bits per heavy atom. The van der Waals surface area contributed by atoms with Crippen LogP contribution in [0, 0.1) is 0 Å². The maximum Gasteiger partial charge on any atom is 0.410 e. The molecule has 0 spiro atoms. The van der Waals surface area contributed by atoms with Crippen LogP contribution in [0.1, 0.15) is 17.5 Å². The summed E-state index contributed by atoms with van der Waals surface area (Å²) in [7, 11) is 0. The zero-order valence-corrected chi connectivity index (χ0v) is 15.0. The first-order valence-corrected chi connectivity index (χ1v) is 8.81. The smallest absolute Gasteiger partial charge is 0.410 e. The van der Waals surface area contributed by atoms with Gasteiger partial charge in [-0.1, -0.05) is 64.5 Å². The number of rotatable bonds is 6. The Labute approximate surface area is 151 Å². The van der Waals surface area contributed by atoms with E-state index in [4.69, 9.17) is 4.74 Å². The van der Waals surface area contributed by atoms with Crippen molar-refractivity contribution >= 4 is 22.0 Å². The second kappa shape index (κ2) is 7.22. The van der Waals surface area contributed by atoms with Gasteiger partial charge in [0.05, 0.1) is 6.54 Å². The van der Waals surface area contributed by atoms with Crippen LogP contribution in [0.5, 0.6) is 0 Å². The van der Waals surface area contributed by atoms with Gasteiger partial charge in [0.2, 0.25) is 0 Å². The minimum Gasteiger partial charge on any atom is -0.436 e. The highest BCUT2D eigenvalue weighted by Crippen LogP contribution is 2.36. The molecule has 1 fully saturated rings. The third kappa shape index (κ3) is 3.54. The molecule has 3 nitrogen and oxygen atoms in total. The molecule has 1 saturated heterocycles. The number of carbonyl (C=O) groups is 1. The largest absolute Gasteiger partial charge is 0.436 e. The first-order valence-electron chi connectivity index (χ1n) is 8.02. The number of hydrogen-bond donors (Lipinski definition) is 0. The SMILES string of the molecule is C=CCC1(c2ccccc2)CN(CCc2ccc(Br)cc2)C(=O)O1. The Balaban J connectivity index is 1.73. The number of amides is 1. The van der Waals surface area contributed by atoms with Crippen LogP contribution in [0.4, 0.5) is 4.79 Å². The fraction of sp³-hybridized carbons (Fsp3) is 0.250. The molecule has 0 aromatic heterocycles. The summed E-state index contributed by atoms with van der Waals surface area (Å²) in [5.41, 5.74) is 1.59. The molecule has 1 aliphatic heterocycles. The Morgan fingerprint density at radius 1 is 1.17 bits per heavy atom. The van der Waals surface area contributed by atoms with Crippen LogP contribution in [0.3, 0.4) is 0 Å². The van der Waals surface area contributed by atoms with Crippen molar-refractivity contribution in [2.75, 3.05) is 13.1 Å². The molecule has 0 N–H and O–H groups in total. The minimum atomic E-state index is -0.625. The molecule has 24 heavy (non-hydrogen) atoms. The maximum atomic E-state index is 12.4. The van der Waals surface area contributed by atoms with Crippen molar-refractivity contribution in [2.24, 2.45) is 0 Å². The van der Waals surface area contributed by atoms with E-state index in [-0.39, 0.29) is 6.09 Å². The lowest BCUT2D eigenvalue weighted by atomic mass is 9.90. The molecular weight excluding hydrogens is 366 g/mol. The fourth-order valence-electron chi connectivity index (χ4n) is 3.07. The number of benzene rings is 2. The Hall–Kier alpha value is -2.07. The van der Waals surface area contributed by atoms with Crippen molar-refractivity contribution in [1.82, 2.24) is 4.90 Å². The third-order valence-corrected chi connectivity index (χ3v) is 4.87. The van der Waals surface area contributed by atoms with E-state index in [0.717, 1.165) is 16.5 Å². The van der Waals surface area contributed by atoms with Crippen LogP contribution in [-0.2, 0) is 16.8 Å². The van der Waals surface area contributed by atoms with Gasteiger partial charge in [-0.3, -0.25) is 0 Å². The minimum absolute atomic E-state index is 0.252. The van der Waals surface area contributed by atoms with Gasteiger partial charge in [0.25, 0.3) is 0 Å². The fourth-order valence-corrected chi connectivity index (χ4v) is 3.34. The van der Waals surface area contributed by atoms with E-state index in [0.29, 0.717) is 19.5 Å². The molecule has 3 rings (SSSR count). The number of ether oxygens (including phenoxy) is 1. The van der Waals surface area contributed by atoms with Crippen LogP contribution in [0.2, 0.25) is 0 Å². The van der Waals surface area contributed by atoms with Gasteiger partial charge in [0.15, 0.2) is 5.60 Å². The molecular formula is C20H20BrNO2. The summed E-state index contributed by atoms with van der Waals surface area (Å²) in [6.07, 6.45) is 2.98. The molecule has 124 valence electrons. The highest BCUT2D eigenvalue weighted by molar-refractivity contribution is 9.10. The standard InChI is InChI=1S/C20H20BrNO2/c1-2-13-20(17-6-4-3-5-7-17)15-22(19(23)24-20)14-12-16-8-10-18(21)11-9-16/h2-11H,1,12-15H2. The molecule has 1 amide bonds. The monoisotopic (exact) mass is 385 g/mol. The van der Waals surface area contributed by atoms with Gasteiger partial charge < -0.3 is 9.64 Å². The molecule has 0 radical (unpaired) electrons. The Kier molecular flexibility index (Phi) is 5.05. The average molecular weight is 386 g/mol. The predicted octanol–water partition coefficient (Wildman–Crippen LogP) is 4.92. The second-order valence-corrected chi connectivity index (χ2v) is 6.93. The van der Waals surface area contributed by atoms with Gasteiger partial charge >= 0.3 is 6.09 Å². The molecule has 0 saturated carbocycles. The Morgan fingerprint density at radius 2 is 1.88 bits per heavy atom. The number of halogens is 1. The van der Waals surface area contributed by atoms with Crippen LogP contribution in [-0.4, -0.2) is 24.1 Å². The summed E-state index contributed by atoms with van der Waals surface area (Å²) in [4.78, 5) is 14.2. The number of hydrogen-bond acceptors (Lipinski definition) is 2. The summed E-state index contributed by atoms with van der Waals surface area (Å²) in [5, 5.41) is 0. The molecule has 1 atom stereocenters. The van der Waals surface area contributed by atoms with Crippen LogP contribution in [0.25, 0.3) is 0 Å². The van der Waals surface area contributed by atoms with Crippen molar-refractivity contribution in [3.8, 4) is 0 Å². The van der Waals surface area contributed by atoms with Gasteiger partial charge in [-0.2, -0.15) is 0 Å². The molecule has 1 aliphatic rings. The van der Waals surface area contributed by atoms with Crippen LogP contribution in [0.15, 0.2) is 71.7 Å². The summed E-state index contributed by atoms with van der Waals surface area (Å²) in [6.45, 7) is 5.03. The van der Waals surface area contributed by atoms with E-state index in [1.807, 2.05) is 48.5 Å². The van der Waals surface area contributed by atoms with Crippen LogP contribution < -0.4 is 0 Å². The lowest BCUT2D eigenvalue weighted by molar-refractivity contribution is 0.0569. The summed E-state index contributed by atoms with van der Waals surface area (Å²) in [6, 6.07) is 18.1. The van der Waals surface area contributed by atoms with E-state index >= 15 is 0 Å². The third-order valence-electron chi connectivity index (χ3n) is 4.34. The number of nitrogens with zero attached hydrogens (tertiary/aromatic N) is 1. The van der Waals surface area contributed by atoms with Crippen molar-refractivity contribution in [3.63, 3.8) is 0 Å². The molecule has 4 heteroatoms. The van der Waals surface area contributed by atoms with Gasteiger partial charge in [-0.05, 0) is 29.7 Å². The van der Waals surface area contributed by atoms with E-state index in [9.17, 15) is 4.79 Å². The van der Waals surface area contributed by atoms with Gasteiger partial charge in [0, 0.05) is 17.4 Å². The van der Waals surface area contributed by atoms with E-state index in [1.54, 1.807) is 4.90 Å². The van der Waals surface area contributed by atoms with Crippen LogP contribution >= 0.6 is 15.9 Å². The first-order chi connectivity index (χ1) is 11.6. The predicted molar refractivity (Wildman–Crippen MR) is 98.8 cm³/mol. The summed E-state index contributed by atoms with van der Waals surface area (Å²) < 4.78 is 6.86. The van der Waals surface area contributed by atoms with Gasteiger partial charge in [-0.15, -0.1) is 6.58 Å². The number of carbonyl (C=O) groups excluding carboxylic acids is 1. The topological polar surface area (TPSA) is 29.5 Å². The zero-order chi connectivity index (χ0) is 17.0. The molecule has 1 unspecified atom stereocenters. The summed E-state index contributed by atoms with van der Waals surface area (Å²) in [5.74, 6) is 0. The molecule has 1 heterocycles. The second-order valence-electron chi connectivity index (χ2n) is 6.02. The first kappa shape index (κ1) is 16.8.